The van der Waals surface area contributed by atoms with Gasteiger partial charge in [-0.25, -0.2) is 4.79 Å². The number of allylic oxidation sites excluding steroid dienone is 1. The second-order valence-electron chi connectivity index (χ2n) is 5.31. The van der Waals surface area contributed by atoms with Crippen molar-refractivity contribution in [1.29, 1.82) is 5.26 Å². The third-order valence-corrected chi connectivity index (χ3v) is 3.79. The van der Waals surface area contributed by atoms with Gasteiger partial charge >= 0.3 is 5.97 Å². The number of nitrogens with zero attached hydrogens (tertiary/aromatic N) is 1. The third kappa shape index (κ3) is 5.04. The minimum absolute atomic E-state index is 0.0500. The van der Waals surface area contributed by atoms with Crippen molar-refractivity contribution in [3.63, 3.8) is 0 Å². The van der Waals surface area contributed by atoms with Crippen LogP contribution in [0.5, 0.6) is 11.5 Å². The van der Waals surface area contributed by atoms with Gasteiger partial charge in [0.15, 0.2) is 11.5 Å². The average molecular weight is 382 g/mol. The highest BCUT2D eigenvalue weighted by molar-refractivity contribution is 6.32. The van der Waals surface area contributed by atoms with Crippen molar-refractivity contribution < 1.29 is 19.4 Å². The molecule has 0 aliphatic heterocycles. The van der Waals surface area contributed by atoms with E-state index in [0.717, 1.165) is 0 Å². The summed E-state index contributed by atoms with van der Waals surface area (Å²) in [5, 5.41) is 18.8. The monoisotopic (exact) mass is 381 g/mol. The highest BCUT2D eigenvalue weighted by atomic mass is 35.5. The van der Waals surface area contributed by atoms with Crippen molar-refractivity contribution in [3.05, 3.63) is 58.1 Å². The highest BCUT2D eigenvalue weighted by Gasteiger charge is 2.13. The van der Waals surface area contributed by atoms with Crippen molar-refractivity contribution in [3.8, 4) is 29.9 Å². The molecule has 2 rings (SSSR count). The molecule has 0 radical (unpaired) electrons. The van der Waals surface area contributed by atoms with Crippen LogP contribution >= 0.6 is 11.6 Å². The van der Waals surface area contributed by atoms with E-state index in [1.54, 1.807) is 30.3 Å². The number of nitriles is 1. The number of carboxylic acid groups (broad SMARTS) is 1. The average Bonchev–Trinajstić information content (AvgIpc) is 2.66. The Kier molecular flexibility index (Phi) is 6.88. The zero-order valence-corrected chi connectivity index (χ0v) is 15.3. The van der Waals surface area contributed by atoms with Crippen LogP contribution in [0.3, 0.4) is 0 Å². The molecule has 0 saturated heterocycles. The summed E-state index contributed by atoms with van der Waals surface area (Å²) in [6, 6.07) is 11.5. The van der Waals surface area contributed by atoms with Crippen LogP contribution in [0.1, 0.15) is 28.4 Å². The molecule has 0 heterocycles. The van der Waals surface area contributed by atoms with E-state index in [1.807, 2.05) is 6.92 Å². The van der Waals surface area contributed by atoms with E-state index < -0.39 is 5.97 Å². The van der Waals surface area contributed by atoms with Crippen molar-refractivity contribution in [2.75, 3.05) is 13.2 Å². The summed E-state index contributed by atoms with van der Waals surface area (Å²) >= 11 is 6.28. The van der Waals surface area contributed by atoms with Crippen molar-refractivity contribution >= 4 is 29.2 Å². The number of carboxylic acids is 1. The van der Waals surface area contributed by atoms with Crippen LogP contribution in [0.2, 0.25) is 5.02 Å². The predicted octanol–water partition coefficient (Wildman–Crippen LogP) is 4.51. The molecular formula is C21H16ClNO4. The normalized spacial score (nSPS) is 10.6. The Morgan fingerprint density at radius 3 is 2.48 bits per heavy atom. The summed E-state index contributed by atoms with van der Waals surface area (Å²) in [5.74, 6) is 2.11. The van der Waals surface area contributed by atoms with Gasteiger partial charge in [0.05, 0.1) is 28.8 Å². The number of terminal acetylenes is 1. The zero-order valence-electron chi connectivity index (χ0n) is 14.5. The molecule has 2 aromatic carbocycles. The molecule has 2 aromatic rings. The Morgan fingerprint density at radius 1 is 1.26 bits per heavy atom. The van der Waals surface area contributed by atoms with Crippen LogP contribution in [0.25, 0.3) is 11.6 Å². The maximum atomic E-state index is 11.0. The fourth-order valence-electron chi connectivity index (χ4n) is 2.33. The van der Waals surface area contributed by atoms with Crippen LogP contribution in [0.15, 0.2) is 36.4 Å². The first-order valence-electron chi connectivity index (χ1n) is 7.98. The van der Waals surface area contributed by atoms with E-state index in [1.165, 1.54) is 12.1 Å². The molecule has 0 unspecified atom stereocenters. The fourth-order valence-corrected chi connectivity index (χ4v) is 2.60. The summed E-state index contributed by atoms with van der Waals surface area (Å²) in [5.41, 5.74) is 1.72. The minimum Gasteiger partial charge on any atom is -0.490 e. The highest BCUT2D eigenvalue weighted by Crippen LogP contribution is 2.37. The third-order valence-electron chi connectivity index (χ3n) is 3.51. The van der Waals surface area contributed by atoms with E-state index in [-0.39, 0.29) is 12.2 Å². The second kappa shape index (κ2) is 9.33. The lowest BCUT2D eigenvalue weighted by molar-refractivity contribution is 0.0697. The largest absolute Gasteiger partial charge is 0.490 e. The van der Waals surface area contributed by atoms with Gasteiger partial charge in [-0.2, -0.15) is 5.26 Å². The van der Waals surface area contributed by atoms with Gasteiger partial charge in [-0.3, -0.25) is 0 Å². The van der Waals surface area contributed by atoms with Gasteiger partial charge < -0.3 is 14.6 Å². The molecular weight excluding hydrogens is 366 g/mol. The molecule has 6 heteroatoms. The lowest BCUT2D eigenvalue weighted by Crippen LogP contribution is -2.00. The zero-order chi connectivity index (χ0) is 19.8. The Morgan fingerprint density at radius 2 is 1.93 bits per heavy atom. The first-order valence-corrected chi connectivity index (χ1v) is 8.36. The molecule has 5 nitrogen and oxygen atoms in total. The minimum atomic E-state index is -1.03. The molecule has 1 N–H and O–H groups in total. The van der Waals surface area contributed by atoms with Crippen LogP contribution < -0.4 is 9.47 Å². The predicted molar refractivity (Wildman–Crippen MR) is 104 cm³/mol. The van der Waals surface area contributed by atoms with Gasteiger partial charge in [0.1, 0.15) is 6.61 Å². The molecule has 0 spiro atoms. The first kappa shape index (κ1) is 19.9. The smallest absolute Gasteiger partial charge is 0.335 e. The van der Waals surface area contributed by atoms with Crippen LogP contribution in [-0.2, 0) is 0 Å². The number of hydrogen-bond donors (Lipinski definition) is 1. The van der Waals surface area contributed by atoms with Crippen LogP contribution in [0, 0.1) is 23.7 Å². The van der Waals surface area contributed by atoms with Gasteiger partial charge in [-0.1, -0.05) is 29.7 Å². The lowest BCUT2D eigenvalue weighted by Gasteiger charge is -2.13. The van der Waals surface area contributed by atoms with E-state index in [2.05, 4.69) is 12.0 Å². The molecule has 0 amide bonds. The fraction of sp³-hybridized carbons (Fsp3) is 0.143. The summed E-state index contributed by atoms with van der Waals surface area (Å²) in [6.45, 7) is 2.28. The Labute approximate surface area is 162 Å². The lowest BCUT2D eigenvalue weighted by atomic mass is 10.0. The molecule has 27 heavy (non-hydrogen) atoms. The van der Waals surface area contributed by atoms with E-state index in [4.69, 9.17) is 32.6 Å². The maximum Gasteiger partial charge on any atom is 0.335 e. The summed E-state index contributed by atoms with van der Waals surface area (Å²) in [4.78, 5) is 11.0. The molecule has 0 aromatic heterocycles. The Balaban J connectivity index is 2.44. The molecule has 0 aliphatic rings. The Bertz CT molecular complexity index is 950. The maximum absolute atomic E-state index is 11.0. The number of carbonyl (C=O) groups is 1. The molecule has 0 saturated carbocycles. The number of ether oxygens (including phenoxy) is 2. The van der Waals surface area contributed by atoms with Gasteiger partial charge in [0.2, 0.25) is 0 Å². The summed E-state index contributed by atoms with van der Waals surface area (Å²) < 4.78 is 11.0. The van der Waals surface area contributed by atoms with Crippen molar-refractivity contribution in [2.24, 2.45) is 0 Å². The standard InChI is InChI=1S/C21H16ClNO4/c1-3-9-27-20-18(22)11-14(12-19(20)26-4-2)10-17(13-23)15-5-7-16(8-6-15)21(24)25/h1,5-8,10-12H,4,9H2,2H3,(H,24,25). The SMILES string of the molecule is C#CCOc1c(Cl)cc(C=C(C#N)c2ccc(C(=O)O)cc2)cc1OCC. The number of rotatable bonds is 7. The molecule has 0 fully saturated rings. The number of benzene rings is 2. The Hall–Kier alpha value is -3.41. The van der Waals surface area contributed by atoms with Crippen molar-refractivity contribution in [1.82, 2.24) is 0 Å². The van der Waals surface area contributed by atoms with Gasteiger partial charge in [-0.05, 0) is 48.4 Å². The molecule has 136 valence electrons. The van der Waals surface area contributed by atoms with Crippen molar-refractivity contribution in [2.45, 2.75) is 6.92 Å². The van der Waals surface area contributed by atoms with Crippen LogP contribution in [-0.4, -0.2) is 24.3 Å². The van der Waals surface area contributed by atoms with Gasteiger partial charge in [0, 0.05) is 0 Å². The van der Waals surface area contributed by atoms with Crippen LogP contribution in [0.4, 0.5) is 0 Å². The second-order valence-corrected chi connectivity index (χ2v) is 5.72. The topological polar surface area (TPSA) is 79.5 Å². The van der Waals surface area contributed by atoms with E-state index >= 15 is 0 Å². The number of hydrogen-bond acceptors (Lipinski definition) is 4. The summed E-state index contributed by atoms with van der Waals surface area (Å²) in [6.07, 6.45) is 6.85. The first-order chi connectivity index (χ1) is 13.0. The molecule has 0 atom stereocenters. The quantitative estimate of drug-likeness (QED) is 0.433. The van der Waals surface area contributed by atoms with Gasteiger partial charge in [0.25, 0.3) is 0 Å². The molecule has 0 bridgehead atoms. The van der Waals surface area contributed by atoms with E-state index in [0.29, 0.717) is 39.8 Å². The van der Waals surface area contributed by atoms with E-state index in [9.17, 15) is 10.1 Å². The van der Waals surface area contributed by atoms with Gasteiger partial charge in [-0.15, -0.1) is 6.42 Å². The number of aromatic carboxylic acids is 1. The summed E-state index contributed by atoms with van der Waals surface area (Å²) in [7, 11) is 0. The molecule has 0 aliphatic carbocycles. The number of halogens is 1.